The maximum absolute atomic E-state index is 14.0. The van der Waals surface area contributed by atoms with Crippen LogP contribution in [-0.2, 0) is 16.1 Å². The molecule has 4 amide bonds. The van der Waals surface area contributed by atoms with E-state index >= 15 is 0 Å². The molecule has 0 bridgehead atoms. The Morgan fingerprint density at radius 2 is 1.95 bits per heavy atom. The number of para-hydroxylation sites is 1. The molecule has 0 radical (unpaired) electrons. The number of carbonyl (C=O) groups excluding carboxylic acids is 3. The quantitative estimate of drug-likeness (QED) is 0.553. The molecular weight excluding hydrogens is 536 g/mol. The first-order valence-electron chi connectivity index (χ1n) is 14.3. The zero-order valence-electron chi connectivity index (χ0n) is 25.0. The molecule has 0 saturated carbocycles. The topological polar surface area (TPSA) is 124 Å². The minimum atomic E-state index is -0.746. The molecule has 222 valence electrons. The number of benzene rings is 1. The molecule has 12 nitrogen and oxygen atoms in total. The number of aryl methyl sites for hydroxylation is 1. The van der Waals surface area contributed by atoms with Crippen molar-refractivity contribution in [1.29, 1.82) is 0 Å². The maximum Gasteiger partial charge on any atom is 0.407 e. The van der Waals surface area contributed by atoms with Gasteiger partial charge < -0.3 is 24.8 Å². The fourth-order valence-corrected chi connectivity index (χ4v) is 5.67. The molecule has 0 spiro atoms. The highest BCUT2D eigenvalue weighted by Crippen LogP contribution is 2.30. The van der Waals surface area contributed by atoms with Gasteiger partial charge in [-0.1, -0.05) is 24.1 Å². The molecule has 1 aromatic carbocycles. The van der Waals surface area contributed by atoms with E-state index in [0.29, 0.717) is 24.9 Å². The predicted octanol–water partition coefficient (Wildman–Crippen LogP) is 2.71. The lowest BCUT2D eigenvalue weighted by Gasteiger charge is -2.42. The van der Waals surface area contributed by atoms with Crippen LogP contribution in [0, 0.1) is 18.8 Å². The highest BCUT2D eigenvalue weighted by Gasteiger charge is 2.53. The van der Waals surface area contributed by atoms with Gasteiger partial charge in [-0.3, -0.25) is 9.69 Å². The molecule has 4 heterocycles. The smallest absolute Gasteiger partial charge is 0.407 e. The third kappa shape index (κ3) is 5.82. The Hall–Kier alpha value is -4.40. The molecular formula is C30H38N8O4. The minimum absolute atomic E-state index is 0.0505. The molecule has 3 aliphatic heterocycles. The molecule has 12 heteroatoms. The Labute approximate surface area is 246 Å². The van der Waals surface area contributed by atoms with Crippen molar-refractivity contribution in [2.45, 2.75) is 77.9 Å². The third-order valence-electron chi connectivity index (χ3n) is 7.56. The van der Waals surface area contributed by atoms with Crippen LogP contribution in [0.3, 0.4) is 0 Å². The number of imide groups is 1. The van der Waals surface area contributed by atoms with Crippen LogP contribution in [0.1, 0.15) is 52.1 Å². The summed E-state index contributed by atoms with van der Waals surface area (Å²) in [4.78, 5) is 60.8. The minimum Gasteiger partial charge on any atom is -0.444 e. The zero-order valence-corrected chi connectivity index (χ0v) is 25.0. The monoisotopic (exact) mass is 574 g/mol. The van der Waals surface area contributed by atoms with E-state index in [-0.39, 0.29) is 25.0 Å². The van der Waals surface area contributed by atoms with Crippen molar-refractivity contribution in [2.24, 2.45) is 4.99 Å². The average Bonchev–Trinajstić information content (AvgIpc) is 3.32. The van der Waals surface area contributed by atoms with Gasteiger partial charge in [0.15, 0.2) is 12.2 Å². The summed E-state index contributed by atoms with van der Waals surface area (Å²) in [7, 11) is 1.66. The van der Waals surface area contributed by atoms with Gasteiger partial charge in [0.1, 0.15) is 11.4 Å². The van der Waals surface area contributed by atoms with Crippen LogP contribution in [0.2, 0.25) is 0 Å². The summed E-state index contributed by atoms with van der Waals surface area (Å²) in [6.07, 6.45) is 0.442. The first-order chi connectivity index (χ1) is 20.0. The maximum atomic E-state index is 14.0. The lowest BCUT2D eigenvalue weighted by Crippen LogP contribution is -2.65. The number of piperidine rings is 1. The normalized spacial score (nSPS) is 22.5. The highest BCUT2D eigenvalue weighted by atomic mass is 16.6. The van der Waals surface area contributed by atoms with E-state index in [1.165, 1.54) is 9.80 Å². The van der Waals surface area contributed by atoms with Crippen molar-refractivity contribution in [3.8, 4) is 11.8 Å². The molecule has 2 aromatic rings. The molecule has 42 heavy (non-hydrogen) atoms. The number of amides is 4. The number of aromatic nitrogens is 2. The van der Waals surface area contributed by atoms with Crippen LogP contribution in [0.15, 0.2) is 29.3 Å². The van der Waals surface area contributed by atoms with Gasteiger partial charge in [0, 0.05) is 37.3 Å². The number of rotatable bonds is 4. The second-order valence-corrected chi connectivity index (χ2v) is 11.8. The summed E-state index contributed by atoms with van der Waals surface area (Å²) >= 11 is 0. The Bertz CT molecular complexity index is 1490. The zero-order chi connectivity index (χ0) is 30.2. The summed E-state index contributed by atoms with van der Waals surface area (Å²) in [5, 5.41) is 3.89. The van der Waals surface area contributed by atoms with E-state index in [2.05, 4.69) is 32.0 Å². The van der Waals surface area contributed by atoms with Gasteiger partial charge in [-0.25, -0.2) is 24.5 Å². The van der Waals surface area contributed by atoms with Crippen LogP contribution in [0.4, 0.5) is 9.59 Å². The number of likely N-dealkylation sites (tertiary alicyclic amines) is 1. The summed E-state index contributed by atoms with van der Waals surface area (Å²) in [5.74, 6) is 6.62. The van der Waals surface area contributed by atoms with Crippen LogP contribution in [0.25, 0.3) is 10.9 Å². The number of alkyl carbamates (subject to hydrolysis) is 1. The van der Waals surface area contributed by atoms with Gasteiger partial charge in [0.2, 0.25) is 5.96 Å². The Kier molecular flexibility index (Phi) is 7.95. The molecule has 5 rings (SSSR count). The van der Waals surface area contributed by atoms with Crippen molar-refractivity contribution >= 4 is 34.9 Å². The van der Waals surface area contributed by atoms with Gasteiger partial charge in [-0.15, -0.1) is 5.92 Å². The summed E-state index contributed by atoms with van der Waals surface area (Å²) in [5.41, 5.74) is 0.943. The lowest BCUT2D eigenvalue weighted by atomic mass is 10.1. The number of likely N-dealkylation sites (N-methyl/N-ethyl adjacent to an activating group) is 1. The summed E-state index contributed by atoms with van der Waals surface area (Å²) in [6, 6.07) is 6.30. The SMILES string of the molecule is CC#CCN1C(N2CCC[C@H](NC(=O)OC(C)(C)C)C2)=N[C@@H]2[C@H]1C(=O)N(Cc1nc(C)c3ccccc3n1)C(=O)N2C. The van der Waals surface area contributed by atoms with Crippen LogP contribution >= 0.6 is 0 Å². The van der Waals surface area contributed by atoms with E-state index in [9.17, 15) is 14.4 Å². The standard InChI is InChI=1S/C30H38N8O4/c1-7-8-16-37-24-25(34-27(37)36-15-11-12-20(17-36)32-28(40)42-30(3,4)5)35(6)29(41)38(26(24)39)18-23-31-19(2)21-13-9-10-14-22(21)33-23/h9-10,13-14,20,24-25H,11-12,15-18H2,1-6H3,(H,32,40)/t20-,24-,25-/m0/s1. The highest BCUT2D eigenvalue weighted by molar-refractivity contribution is 6.03. The largest absolute Gasteiger partial charge is 0.444 e. The fraction of sp³-hybridized carbons (Fsp3) is 0.533. The molecule has 1 aromatic heterocycles. The summed E-state index contributed by atoms with van der Waals surface area (Å²) < 4.78 is 5.45. The van der Waals surface area contributed by atoms with E-state index in [0.717, 1.165) is 29.4 Å². The van der Waals surface area contributed by atoms with E-state index in [4.69, 9.17) is 9.73 Å². The number of fused-ring (bicyclic) bond motifs is 2. The van der Waals surface area contributed by atoms with E-state index < -0.39 is 29.9 Å². The molecule has 3 atom stereocenters. The average molecular weight is 575 g/mol. The number of guanidine groups is 1. The van der Waals surface area contributed by atoms with Gasteiger partial charge in [-0.05, 0) is 53.5 Å². The van der Waals surface area contributed by atoms with Crippen molar-refractivity contribution in [2.75, 3.05) is 26.7 Å². The molecule has 2 fully saturated rings. The fourth-order valence-electron chi connectivity index (χ4n) is 5.67. The van der Waals surface area contributed by atoms with Crippen LogP contribution in [0.5, 0.6) is 0 Å². The van der Waals surface area contributed by atoms with Gasteiger partial charge in [0.25, 0.3) is 5.91 Å². The first kappa shape index (κ1) is 29.1. The lowest BCUT2D eigenvalue weighted by molar-refractivity contribution is -0.138. The van der Waals surface area contributed by atoms with Gasteiger partial charge in [-0.2, -0.15) is 0 Å². The third-order valence-corrected chi connectivity index (χ3v) is 7.56. The van der Waals surface area contributed by atoms with Crippen LogP contribution in [-0.4, -0.2) is 104 Å². The Morgan fingerprint density at radius 1 is 1.19 bits per heavy atom. The number of ether oxygens (including phenoxy) is 1. The predicted molar refractivity (Wildman–Crippen MR) is 157 cm³/mol. The van der Waals surface area contributed by atoms with Gasteiger partial charge in [0.05, 0.1) is 18.6 Å². The Morgan fingerprint density at radius 3 is 2.69 bits per heavy atom. The molecule has 1 N–H and O–H groups in total. The number of carbonyl (C=O) groups is 3. The van der Waals surface area contributed by atoms with Crippen molar-refractivity contribution < 1.29 is 19.1 Å². The Balaban J connectivity index is 1.38. The van der Waals surface area contributed by atoms with Gasteiger partial charge >= 0.3 is 12.1 Å². The number of nitrogens with one attached hydrogen (secondary N) is 1. The van der Waals surface area contributed by atoms with Crippen molar-refractivity contribution in [3.63, 3.8) is 0 Å². The molecule has 0 aliphatic carbocycles. The first-order valence-corrected chi connectivity index (χ1v) is 14.3. The number of hydrogen-bond donors (Lipinski definition) is 1. The number of urea groups is 1. The molecule has 2 saturated heterocycles. The molecule has 0 unspecified atom stereocenters. The van der Waals surface area contributed by atoms with Crippen LogP contribution < -0.4 is 5.32 Å². The molecule has 3 aliphatic rings. The number of nitrogens with zero attached hydrogens (tertiary/aromatic N) is 7. The number of aliphatic imine (C=N–C) groups is 1. The number of hydrogen-bond acceptors (Lipinski definition) is 9. The van der Waals surface area contributed by atoms with Crippen molar-refractivity contribution in [3.05, 3.63) is 35.8 Å². The van der Waals surface area contributed by atoms with E-state index in [1.807, 2.05) is 56.9 Å². The summed E-state index contributed by atoms with van der Waals surface area (Å²) in [6.45, 7) is 10.5. The second kappa shape index (κ2) is 11.5. The van der Waals surface area contributed by atoms with E-state index in [1.54, 1.807) is 14.0 Å². The van der Waals surface area contributed by atoms with Crippen molar-refractivity contribution in [1.82, 2.24) is 34.9 Å². The second-order valence-electron chi connectivity index (χ2n) is 11.8.